The van der Waals surface area contributed by atoms with E-state index >= 15 is 0 Å². The third-order valence-electron chi connectivity index (χ3n) is 5.84. The minimum atomic E-state index is -0.454. The molecule has 0 aliphatic carbocycles. The molecule has 28 heavy (non-hydrogen) atoms. The summed E-state index contributed by atoms with van der Waals surface area (Å²) in [5.74, 6) is 0.988. The molecule has 1 fully saturated rings. The van der Waals surface area contributed by atoms with Gasteiger partial charge in [0, 0.05) is 12.1 Å². The van der Waals surface area contributed by atoms with Gasteiger partial charge >= 0.3 is 0 Å². The van der Waals surface area contributed by atoms with E-state index in [9.17, 15) is 4.79 Å². The Morgan fingerprint density at radius 1 is 1.29 bits per heavy atom. The molecule has 2 atom stereocenters. The lowest BCUT2D eigenvalue weighted by Gasteiger charge is -2.37. The first-order valence-electron chi connectivity index (χ1n) is 9.81. The highest BCUT2D eigenvalue weighted by atomic mass is 35.5. The van der Waals surface area contributed by atoms with Gasteiger partial charge < -0.3 is 25.8 Å². The summed E-state index contributed by atoms with van der Waals surface area (Å²) in [6.07, 6.45) is 3.01. The van der Waals surface area contributed by atoms with Gasteiger partial charge in [-0.3, -0.25) is 4.79 Å². The highest BCUT2D eigenvalue weighted by molar-refractivity contribution is 6.33. The van der Waals surface area contributed by atoms with E-state index in [2.05, 4.69) is 18.7 Å². The second-order valence-corrected chi connectivity index (χ2v) is 8.16. The van der Waals surface area contributed by atoms with Crippen LogP contribution in [0.5, 0.6) is 11.5 Å². The van der Waals surface area contributed by atoms with Crippen molar-refractivity contribution in [2.75, 3.05) is 38.6 Å². The van der Waals surface area contributed by atoms with E-state index in [1.807, 2.05) is 0 Å². The van der Waals surface area contributed by atoms with Crippen molar-refractivity contribution in [2.24, 2.45) is 17.6 Å². The predicted octanol–water partition coefficient (Wildman–Crippen LogP) is 3.44. The number of carbonyl (C=O) groups excluding carboxylic acids is 1. The molecule has 4 N–H and O–H groups in total. The number of amides is 1. The number of halogens is 2. The fourth-order valence-electron chi connectivity index (χ4n) is 4.13. The number of anilines is 1. The highest BCUT2D eigenvalue weighted by Gasteiger charge is 2.36. The molecule has 1 aromatic carbocycles. The summed E-state index contributed by atoms with van der Waals surface area (Å²) in [5.41, 5.74) is 12.9. The molecule has 1 saturated heterocycles. The Kier molecular flexibility index (Phi) is 8.10. The Bertz CT molecular complexity index is 694. The molecule has 2 heterocycles. The number of likely N-dealkylation sites (tertiary alicyclic amines) is 1. The molecule has 0 spiro atoms. The van der Waals surface area contributed by atoms with Crippen molar-refractivity contribution in [3.05, 3.63) is 16.7 Å². The van der Waals surface area contributed by atoms with Gasteiger partial charge in [0.05, 0.1) is 16.6 Å². The van der Waals surface area contributed by atoms with Crippen LogP contribution in [0.1, 0.15) is 44.6 Å². The zero-order valence-electron chi connectivity index (χ0n) is 16.6. The monoisotopic (exact) mass is 431 g/mol. The van der Waals surface area contributed by atoms with Crippen LogP contribution in [0, 0.1) is 11.8 Å². The maximum Gasteiger partial charge on any atom is 0.225 e. The summed E-state index contributed by atoms with van der Waals surface area (Å²) < 4.78 is 11.5. The number of nitrogens with two attached hydrogens (primary N) is 2. The largest absolute Gasteiger partial charge is 0.486 e. The number of primary amides is 1. The Morgan fingerprint density at radius 2 is 1.89 bits per heavy atom. The third-order valence-corrected chi connectivity index (χ3v) is 6.15. The van der Waals surface area contributed by atoms with Crippen LogP contribution in [0.2, 0.25) is 5.02 Å². The summed E-state index contributed by atoms with van der Waals surface area (Å²) in [6.45, 7) is 8.37. The van der Waals surface area contributed by atoms with Crippen LogP contribution in [0.4, 0.5) is 5.69 Å². The Labute approximate surface area is 178 Å². The van der Waals surface area contributed by atoms with E-state index < -0.39 is 5.92 Å². The Hall–Kier alpha value is -1.37. The molecular weight excluding hydrogens is 401 g/mol. The van der Waals surface area contributed by atoms with Crippen LogP contribution >= 0.6 is 24.0 Å². The number of benzene rings is 1. The number of ether oxygens (including phenoxy) is 2. The average Bonchev–Trinajstić information content (AvgIpc) is 2.67. The van der Waals surface area contributed by atoms with Crippen molar-refractivity contribution in [3.63, 3.8) is 0 Å². The SMILES string of the molecule is CCC(C)CN1CCC(C(C(N)=O)c2cc(Cl)c(N)c3c2OCCO3)CC1.Cl. The minimum absolute atomic E-state index is 0. The second-order valence-electron chi connectivity index (χ2n) is 7.75. The fourth-order valence-corrected chi connectivity index (χ4v) is 4.33. The van der Waals surface area contributed by atoms with Gasteiger partial charge in [0.15, 0.2) is 11.5 Å². The molecule has 0 radical (unpaired) electrons. The van der Waals surface area contributed by atoms with Crippen LogP contribution in [-0.4, -0.2) is 43.7 Å². The molecule has 2 aliphatic heterocycles. The van der Waals surface area contributed by atoms with E-state index in [1.54, 1.807) is 6.07 Å². The number of carbonyl (C=O) groups is 1. The summed E-state index contributed by atoms with van der Waals surface area (Å²) in [6, 6.07) is 1.73. The maximum atomic E-state index is 12.4. The van der Waals surface area contributed by atoms with E-state index in [0.29, 0.717) is 46.9 Å². The number of hydrogen-bond donors (Lipinski definition) is 2. The topological polar surface area (TPSA) is 90.8 Å². The molecule has 0 aromatic heterocycles. The van der Waals surface area contributed by atoms with Crippen molar-refractivity contribution in [1.82, 2.24) is 4.90 Å². The summed E-state index contributed by atoms with van der Waals surface area (Å²) in [4.78, 5) is 14.9. The number of piperidine rings is 1. The third kappa shape index (κ3) is 4.78. The number of nitrogens with zero attached hydrogens (tertiary/aromatic N) is 1. The summed E-state index contributed by atoms with van der Waals surface area (Å²) >= 11 is 6.31. The van der Waals surface area contributed by atoms with Crippen molar-refractivity contribution >= 4 is 35.6 Å². The molecule has 0 saturated carbocycles. The molecule has 2 aliphatic rings. The highest BCUT2D eigenvalue weighted by Crippen LogP contribution is 2.48. The van der Waals surface area contributed by atoms with Gasteiger partial charge in [-0.25, -0.2) is 0 Å². The minimum Gasteiger partial charge on any atom is -0.486 e. The van der Waals surface area contributed by atoms with E-state index in [4.69, 9.17) is 32.5 Å². The van der Waals surface area contributed by atoms with Crippen LogP contribution < -0.4 is 20.9 Å². The number of rotatable bonds is 6. The van der Waals surface area contributed by atoms with Crippen molar-refractivity contribution in [1.29, 1.82) is 0 Å². The smallest absolute Gasteiger partial charge is 0.225 e. The van der Waals surface area contributed by atoms with Crippen molar-refractivity contribution in [3.8, 4) is 11.5 Å². The first kappa shape index (κ1) is 22.9. The van der Waals surface area contributed by atoms with Gasteiger partial charge in [0.1, 0.15) is 13.2 Å². The lowest BCUT2D eigenvalue weighted by Crippen LogP contribution is -2.40. The van der Waals surface area contributed by atoms with E-state index in [0.717, 1.165) is 32.5 Å². The van der Waals surface area contributed by atoms with Gasteiger partial charge in [-0.05, 0) is 43.8 Å². The number of fused-ring (bicyclic) bond motifs is 1. The standard InChI is InChI=1S/C20H30ClN3O3.ClH/c1-3-12(2)11-24-6-4-13(5-7-24)16(20(23)25)14-10-15(21)17(22)19-18(14)26-8-9-27-19;/h10,12-13,16H,3-9,11,22H2,1-2H3,(H2,23,25);1H. The fraction of sp³-hybridized carbons (Fsp3) is 0.650. The molecule has 0 bridgehead atoms. The van der Waals surface area contributed by atoms with Gasteiger partial charge in [-0.1, -0.05) is 31.9 Å². The van der Waals surface area contributed by atoms with Crippen LogP contribution in [0.3, 0.4) is 0 Å². The molecule has 8 heteroatoms. The Morgan fingerprint density at radius 3 is 2.46 bits per heavy atom. The Balaban J connectivity index is 0.00000280. The van der Waals surface area contributed by atoms with E-state index in [1.165, 1.54) is 6.42 Å². The van der Waals surface area contributed by atoms with Gasteiger partial charge in [0.2, 0.25) is 5.91 Å². The molecule has 1 aromatic rings. The van der Waals surface area contributed by atoms with E-state index in [-0.39, 0.29) is 24.2 Å². The zero-order valence-corrected chi connectivity index (χ0v) is 18.2. The van der Waals surface area contributed by atoms with Gasteiger partial charge in [-0.2, -0.15) is 0 Å². The normalized spacial score (nSPS) is 19.5. The molecule has 6 nitrogen and oxygen atoms in total. The van der Waals surface area contributed by atoms with Crippen molar-refractivity contribution < 1.29 is 14.3 Å². The quantitative estimate of drug-likeness (QED) is 0.672. The second kappa shape index (κ2) is 9.90. The van der Waals surface area contributed by atoms with Crippen LogP contribution in [0.15, 0.2) is 6.07 Å². The van der Waals surface area contributed by atoms with Crippen LogP contribution in [-0.2, 0) is 4.79 Å². The number of nitrogen functional groups attached to an aromatic ring is 1. The van der Waals surface area contributed by atoms with Gasteiger partial charge in [-0.15, -0.1) is 12.4 Å². The number of hydrogen-bond acceptors (Lipinski definition) is 5. The first-order valence-corrected chi connectivity index (χ1v) is 10.2. The first-order chi connectivity index (χ1) is 12.9. The van der Waals surface area contributed by atoms with Gasteiger partial charge in [0.25, 0.3) is 0 Å². The molecule has 1 amide bonds. The molecule has 2 unspecified atom stereocenters. The summed E-state index contributed by atoms with van der Waals surface area (Å²) in [7, 11) is 0. The lowest BCUT2D eigenvalue weighted by molar-refractivity contribution is -0.121. The average molecular weight is 432 g/mol. The van der Waals surface area contributed by atoms with Crippen LogP contribution in [0.25, 0.3) is 0 Å². The maximum absolute atomic E-state index is 12.4. The zero-order chi connectivity index (χ0) is 19.6. The summed E-state index contributed by atoms with van der Waals surface area (Å²) in [5, 5.41) is 0.370. The predicted molar refractivity (Wildman–Crippen MR) is 115 cm³/mol. The molecule has 3 rings (SSSR count). The molecular formula is C20H31Cl2N3O3. The van der Waals surface area contributed by atoms with Crippen molar-refractivity contribution in [2.45, 2.75) is 39.0 Å². The lowest BCUT2D eigenvalue weighted by atomic mass is 9.78. The molecule has 158 valence electrons.